The minimum Gasteiger partial charge on any atom is -0.314 e. The Morgan fingerprint density at radius 2 is 1.64 bits per heavy atom. The van der Waals surface area contributed by atoms with Gasteiger partial charge in [0.25, 0.3) is 0 Å². The second-order valence-corrected chi connectivity index (χ2v) is 9.33. The predicted octanol–water partition coefficient (Wildman–Crippen LogP) is -0.897. The smallest absolute Gasteiger partial charge is 0.314 e. The van der Waals surface area contributed by atoms with Gasteiger partial charge in [0.15, 0.2) is 0 Å². The van der Waals surface area contributed by atoms with Crippen LogP contribution in [0.1, 0.15) is 6.92 Å². The molecule has 3 N–H and O–H groups in total. The Bertz CT molecular complexity index is 595. The molecule has 0 aliphatic carbocycles. The van der Waals surface area contributed by atoms with Crippen molar-refractivity contribution in [1.29, 1.82) is 0 Å². The summed E-state index contributed by atoms with van der Waals surface area (Å²) in [5.74, 6) is -0.835. The second kappa shape index (κ2) is 10.2. The van der Waals surface area contributed by atoms with E-state index in [1.54, 1.807) is 0 Å². The summed E-state index contributed by atoms with van der Waals surface area (Å²) < 4.78 is 89.4. The standard InChI is InChI=1S/C11H23F3N4O4S2.ClH/c1-2-23(19,20)16-5-8-24(21,22)17-9-10(11(12,13)14)18-6-3-15-4-7-18;/h10,15-17H,2-9H2,1H3;1H. The number of rotatable bonds is 9. The molecule has 0 spiro atoms. The van der Waals surface area contributed by atoms with E-state index in [0.29, 0.717) is 13.1 Å². The van der Waals surface area contributed by atoms with Crippen molar-refractivity contribution in [3.05, 3.63) is 0 Å². The average molecular weight is 433 g/mol. The van der Waals surface area contributed by atoms with Gasteiger partial charge in [0.2, 0.25) is 20.0 Å². The molecule has 1 aliphatic rings. The molecule has 0 aromatic heterocycles. The van der Waals surface area contributed by atoms with Crippen LogP contribution in [-0.4, -0.2) is 84.7 Å². The van der Waals surface area contributed by atoms with Gasteiger partial charge < -0.3 is 5.32 Å². The predicted molar refractivity (Wildman–Crippen MR) is 90.8 cm³/mol. The van der Waals surface area contributed by atoms with E-state index < -0.39 is 51.1 Å². The van der Waals surface area contributed by atoms with Crippen molar-refractivity contribution in [3.63, 3.8) is 0 Å². The molecular formula is C11H24ClF3N4O4S2. The van der Waals surface area contributed by atoms with Crippen LogP contribution < -0.4 is 14.8 Å². The second-order valence-electron chi connectivity index (χ2n) is 5.31. The molecule has 0 aromatic carbocycles. The van der Waals surface area contributed by atoms with E-state index in [4.69, 9.17) is 0 Å². The van der Waals surface area contributed by atoms with Crippen molar-refractivity contribution in [1.82, 2.24) is 19.7 Å². The van der Waals surface area contributed by atoms with Crippen molar-refractivity contribution in [2.24, 2.45) is 0 Å². The van der Waals surface area contributed by atoms with E-state index in [2.05, 4.69) is 10.0 Å². The van der Waals surface area contributed by atoms with Crippen molar-refractivity contribution >= 4 is 32.5 Å². The van der Waals surface area contributed by atoms with Gasteiger partial charge in [-0.3, -0.25) is 4.90 Å². The molecule has 0 aromatic rings. The van der Waals surface area contributed by atoms with Gasteiger partial charge in [-0.2, -0.15) is 13.2 Å². The molecule has 1 unspecified atom stereocenters. The third kappa shape index (κ3) is 9.35. The summed E-state index contributed by atoms with van der Waals surface area (Å²) in [6, 6.07) is -1.92. The maximum Gasteiger partial charge on any atom is 0.405 e. The number of hydrogen-bond donors (Lipinski definition) is 3. The molecule has 0 bridgehead atoms. The topological polar surface area (TPSA) is 108 Å². The van der Waals surface area contributed by atoms with Crippen LogP contribution in [0.4, 0.5) is 13.2 Å². The third-order valence-corrected chi connectivity index (χ3v) is 6.29. The van der Waals surface area contributed by atoms with Crippen LogP contribution >= 0.6 is 12.4 Å². The highest BCUT2D eigenvalue weighted by Crippen LogP contribution is 2.24. The van der Waals surface area contributed by atoms with E-state index in [1.165, 1.54) is 11.8 Å². The molecular weight excluding hydrogens is 409 g/mol. The molecule has 0 radical (unpaired) electrons. The van der Waals surface area contributed by atoms with E-state index in [9.17, 15) is 30.0 Å². The number of hydrogen-bond acceptors (Lipinski definition) is 6. The lowest BCUT2D eigenvalue weighted by molar-refractivity contribution is -0.182. The summed E-state index contributed by atoms with van der Waals surface area (Å²) in [5.41, 5.74) is 0. The number of sulfonamides is 2. The van der Waals surface area contributed by atoms with Gasteiger partial charge in [-0.1, -0.05) is 0 Å². The lowest BCUT2D eigenvalue weighted by Gasteiger charge is -2.35. The van der Waals surface area contributed by atoms with Crippen LogP contribution in [0.2, 0.25) is 0 Å². The molecule has 1 aliphatic heterocycles. The minimum absolute atomic E-state index is 0. The van der Waals surface area contributed by atoms with Crippen LogP contribution in [0.15, 0.2) is 0 Å². The Hall–Kier alpha value is -0.180. The molecule has 0 amide bonds. The number of halogens is 4. The lowest BCUT2D eigenvalue weighted by Crippen LogP contribution is -2.57. The van der Waals surface area contributed by atoms with E-state index in [0.717, 1.165) is 0 Å². The van der Waals surface area contributed by atoms with Crippen molar-refractivity contribution < 1.29 is 30.0 Å². The molecule has 1 atom stereocenters. The van der Waals surface area contributed by atoms with Crippen molar-refractivity contribution in [2.75, 3.05) is 50.8 Å². The molecule has 8 nitrogen and oxygen atoms in total. The summed E-state index contributed by atoms with van der Waals surface area (Å²) in [6.07, 6.45) is -4.57. The van der Waals surface area contributed by atoms with Crippen molar-refractivity contribution in [2.45, 2.75) is 19.1 Å². The highest BCUT2D eigenvalue weighted by molar-refractivity contribution is 7.90. The normalized spacial score (nSPS) is 18.6. The molecule has 0 saturated carbocycles. The van der Waals surface area contributed by atoms with Gasteiger partial charge in [-0.05, 0) is 6.92 Å². The van der Waals surface area contributed by atoms with Gasteiger partial charge in [0.1, 0.15) is 6.04 Å². The summed E-state index contributed by atoms with van der Waals surface area (Å²) in [5, 5.41) is 2.93. The zero-order valence-electron chi connectivity index (χ0n) is 13.7. The Morgan fingerprint density at radius 1 is 1.08 bits per heavy atom. The molecule has 1 rings (SSSR count). The van der Waals surface area contributed by atoms with Gasteiger partial charge in [0, 0.05) is 39.3 Å². The fourth-order valence-corrected chi connectivity index (χ4v) is 3.83. The first kappa shape index (κ1) is 24.8. The van der Waals surface area contributed by atoms with Gasteiger partial charge in [-0.15, -0.1) is 12.4 Å². The first-order chi connectivity index (χ1) is 11.0. The summed E-state index contributed by atoms with van der Waals surface area (Å²) >= 11 is 0. The van der Waals surface area contributed by atoms with Gasteiger partial charge in [0.05, 0.1) is 11.5 Å². The van der Waals surface area contributed by atoms with E-state index in [1.807, 2.05) is 4.72 Å². The largest absolute Gasteiger partial charge is 0.405 e. The zero-order valence-corrected chi connectivity index (χ0v) is 16.1. The third-order valence-electron chi connectivity index (χ3n) is 3.54. The number of piperazine rings is 1. The quantitative estimate of drug-likeness (QED) is 0.436. The SMILES string of the molecule is CCS(=O)(=O)NCCS(=O)(=O)NCC(N1CCNCC1)C(F)(F)F.Cl. The first-order valence-corrected chi connectivity index (χ1v) is 10.7. The Balaban J connectivity index is 0.00000576. The molecule has 1 fully saturated rings. The maximum absolute atomic E-state index is 13.1. The van der Waals surface area contributed by atoms with Crippen LogP contribution in [0, 0.1) is 0 Å². The number of alkyl halides is 3. The highest BCUT2D eigenvalue weighted by Gasteiger charge is 2.44. The summed E-state index contributed by atoms with van der Waals surface area (Å²) in [7, 11) is -7.58. The van der Waals surface area contributed by atoms with Crippen molar-refractivity contribution in [3.8, 4) is 0 Å². The number of nitrogens with zero attached hydrogens (tertiary/aromatic N) is 1. The Kier molecular flexibility index (Phi) is 10.2. The Morgan fingerprint density at radius 3 is 2.12 bits per heavy atom. The average Bonchev–Trinajstić information content (AvgIpc) is 2.46. The van der Waals surface area contributed by atoms with Crippen LogP contribution in [0.5, 0.6) is 0 Å². The van der Waals surface area contributed by atoms with E-state index >= 15 is 0 Å². The lowest BCUT2D eigenvalue weighted by atomic mass is 10.2. The number of nitrogens with one attached hydrogen (secondary N) is 3. The summed E-state index contributed by atoms with van der Waals surface area (Å²) in [6.45, 7) is 1.33. The van der Waals surface area contributed by atoms with E-state index in [-0.39, 0.29) is 31.2 Å². The molecule has 25 heavy (non-hydrogen) atoms. The fourth-order valence-electron chi connectivity index (χ4n) is 2.16. The monoisotopic (exact) mass is 432 g/mol. The minimum atomic E-state index is -4.57. The maximum atomic E-state index is 13.1. The first-order valence-electron chi connectivity index (χ1n) is 7.43. The molecule has 14 heteroatoms. The highest BCUT2D eigenvalue weighted by atomic mass is 35.5. The summed E-state index contributed by atoms with van der Waals surface area (Å²) in [4.78, 5) is 1.18. The van der Waals surface area contributed by atoms with Gasteiger partial charge >= 0.3 is 6.18 Å². The van der Waals surface area contributed by atoms with Crippen LogP contribution in [0.25, 0.3) is 0 Å². The molecule has 1 saturated heterocycles. The van der Waals surface area contributed by atoms with Gasteiger partial charge in [-0.25, -0.2) is 26.3 Å². The van der Waals surface area contributed by atoms with Crippen LogP contribution in [0.3, 0.4) is 0 Å². The fraction of sp³-hybridized carbons (Fsp3) is 1.00. The molecule has 1 heterocycles. The zero-order chi connectivity index (χ0) is 18.4. The molecule has 152 valence electrons. The Labute approximate surface area is 152 Å². The van der Waals surface area contributed by atoms with Crippen LogP contribution in [-0.2, 0) is 20.0 Å².